The van der Waals surface area contributed by atoms with E-state index in [1.807, 2.05) is 13.0 Å². The molecule has 0 aromatic carbocycles. The van der Waals surface area contributed by atoms with Gasteiger partial charge >= 0.3 is 0 Å². The van der Waals surface area contributed by atoms with Gasteiger partial charge in [0.25, 0.3) is 0 Å². The second-order valence-corrected chi connectivity index (χ2v) is 11.6. The van der Waals surface area contributed by atoms with Gasteiger partial charge in [0.2, 0.25) is 5.91 Å². The quantitative estimate of drug-likeness (QED) is 0.0685. The van der Waals surface area contributed by atoms with E-state index in [1.54, 1.807) is 6.08 Å². The number of unbranched alkanes of at least 4 members (excludes halogenated alkanes) is 15. The molecular weight excluding hydrogens is 526 g/mol. The zero-order valence-electron chi connectivity index (χ0n) is 25.8. The van der Waals surface area contributed by atoms with Crippen LogP contribution >= 0.6 is 0 Å². The van der Waals surface area contributed by atoms with Gasteiger partial charge in [0.05, 0.1) is 25.4 Å². The third-order valence-corrected chi connectivity index (χ3v) is 7.84. The molecule has 41 heavy (non-hydrogen) atoms. The Balaban J connectivity index is 2.30. The minimum atomic E-state index is -1.56. The molecule has 7 atom stereocenters. The first-order valence-corrected chi connectivity index (χ1v) is 16.4. The van der Waals surface area contributed by atoms with Crippen molar-refractivity contribution in [2.75, 3.05) is 13.2 Å². The topological polar surface area (TPSA) is 149 Å². The van der Waals surface area contributed by atoms with Crippen molar-refractivity contribution in [2.24, 2.45) is 0 Å². The highest BCUT2D eigenvalue weighted by Crippen LogP contribution is 2.22. The summed E-state index contributed by atoms with van der Waals surface area (Å²) in [5, 5.41) is 53.0. The number of hydrogen-bond donors (Lipinski definition) is 6. The Bertz CT molecular complexity index is 662. The molecule has 7 unspecified atom stereocenters. The summed E-state index contributed by atoms with van der Waals surface area (Å²) in [6.07, 6.45) is 16.3. The Morgan fingerprint density at radius 1 is 0.805 bits per heavy atom. The SMILES string of the molecule is CCC/C=C/C(O)C(COC1OC(CO)C(O)C(O)C1O)NC(=O)CCCCCCCCCCCCCCCCC. The number of allylic oxidation sites excluding steroid dienone is 1. The molecule has 0 aromatic heterocycles. The summed E-state index contributed by atoms with van der Waals surface area (Å²) >= 11 is 0. The molecule has 0 spiro atoms. The van der Waals surface area contributed by atoms with Crippen LogP contribution in [0.2, 0.25) is 0 Å². The first-order chi connectivity index (χ1) is 19.8. The van der Waals surface area contributed by atoms with Crippen molar-refractivity contribution in [3.05, 3.63) is 12.2 Å². The van der Waals surface area contributed by atoms with Gasteiger partial charge in [0.1, 0.15) is 24.4 Å². The number of aliphatic hydroxyl groups is 5. The van der Waals surface area contributed by atoms with Gasteiger partial charge in [-0.05, 0) is 12.8 Å². The van der Waals surface area contributed by atoms with Gasteiger partial charge in [-0.1, -0.05) is 122 Å². The van der Waals surface area contributed by atoms with E-state index >= 15 is 0 Å². The molecule has 0 radical (unpaired) electrons. The molecule has 1 aliphatic heterocycles. The van der Waals surface area contributed by atoms with E-state index in [-0.39, 0.29) is 12.5 Å². The third kappa shape index (κ3) is 17.0. The Morgan fingerprint density at radius 2 is 1.34 bits per heavy atom. The molecule has 1 fully saturated rings. The summed E-state index contributed by atoms with van der Waals surface area (Å²) in [6, 6.07) is -0.792. The predicted octanol–water partition coefficient (Wildman–Crippen LogP) is 4.27. The van der Waals surface area contributed by atoms with Gasteiger partial charge < -0.3 is 40.3 Å². The van der Waals surface area contributed by atoms with E-state index in [9.17, 15) is 30.3 Å². The van der Waals surface area contributed by atoms with Crippen LogP contribution in [0.3, 0.4) is 0 Å². The first kappa shape index (κ1) is 38.0. The number of hydrogen-bond acceptors (Lipinski definition) is 8. The molecule has 0 bridgehead atoms. The van der Waals surface area contributed by atoms with Crippen molar-refractivity contribution < 1.29 is 39.8 Å². The molecule has 0 aliphatic carbocycles. The fourth-order valence-corrected chi connectivity index (χ4v) is 5.10. The lowest BCUT2D eigenvalue weighted by atomic mass is 9.99. The molecule has 1 aliphatic rings. The standard InChI is InChI=1S/C32H61NO8/c1-3-5-7-8-9-10-11-12-13-14-15-16-17-18-20-22-28(36)33-25(26(35)21-19-6-4-2)24-40-32-31(39)30(38)29(37)27(23-34)41-32/h19,21,25-27,29-32,34-35,37-39H,3-18,20,22-24H2,1-2H3,(H,33,36)/b21-19+. The smallest absolute Gasteiger partial charge is 0.220 e. The second kappa shape index (κ2) is 24.4. The summed E-state index contributed by atoms with van der Waals surface area (Å²) in [7, 11) is 0. The van der Waals surface area contributed by atoms with Crippen molar-refractivity contribution in [3.8, 4) is 0 Å². The van der Waals surface area contributed by atoms with Crippen LogP contribution in [-0.2, 0) is 14.3 Å². The third-order valence-electron chi connectivity index (χ3n) is 7.84. The monoisotopic (exact) mass is 587 g/mol. The van der Waals surface area contributed by atoms with Gasteiger partial charge in [-0.15, -0.1) is 0 Å². The van der Waals surface area contributed by atoms with E-state index < -0.39 is 49.5 Å². The predicted molar refractivity (Wildman–Crippen MR) is 161 cm³/mol. The van der Waals surface area contributed by atoms with Gasteiger partial charge in [0.15, 0.2) is 6.29 Å². The molecule has 0 aromatic rings. The zero-order valence-corrected chi connectivity index (χ0v) is 25.8. The van der Waals surface area contributed by atoms with Gasteiger partial charge in [-0.2, -0.15) is 0 Å². The normalized spacial score (nSPS) is 24.5. The van der Waals surface area contributed by atoms with Crippen molar-refractivity contribution in [1.29, 1.82) is 0 Å². The number of rotatable bonds is 25. The zero-order chi connectivity index (χ0) is 30.3. The maximum absolute atomic E-state index is 12.6. The van der Waals surface area contributed by atoms with Crippen LogP contribution in [0, 0.1) is 0 Å². The molecule has 1 heterocycles. The fraction of sp³-hybridized carbons (Fsp3) is 0.906. The average Bonchev–Trinajstić information content (AvgIpc) is 2.96. The lowest BCUT2D eigenvalue weighted by Crippen LogP contribution is -2.60. The maximum atomic E-state index is 12.6. The summed E-state index contributed by atoms with van der Waals surface area (Å²) in [5.41, 5.74) is 0. The minimum absolute atomic E-state index is 0.190. The molecule has 6 N–H and O–H groups in total. The highest BCUT2D eigenvalue weighted by Gasteiger charge is 2.44. The Morgan fingerprint density at radius 3 is 1.85 bits per heavy atom. The summed E-state index contributed by atoms with van der Waals surface area (Å²) in [4.78, 5) is 12.6. The van der Waals surface area contributed by atoms with Crippen LogP contribution in [0.4, 0.5) is 0 Å². The first-order valence-electron chi connectivity index (χ1n) is 16.4. The molecule has 9 heteroatoms. The van der Waals surface area contributed by atoms with Gasteiger partial charge in [0, 0.05) is 6.42 Å². The van der Waals surface area contributed by atoms with Gasteiger partial charge in [-0.3, -0.25) is 4.79 Å². The Kier molecular flexibility index (Phi) is 22.6. The van der Waals surface area contributed by atoms with Crippen LogP contribution < -0.4 is 5.32 Å². The van der Waals surface area contributed by atoms with Crippen LogP contribution in [-0.4, -0.2) is 87.5 Å². The van der Waals surface area contributed by atoms with Crippen molar-refractivity contribution in [1.82, 2.24) is 5.32 Å². The molecule has 1 saturated heterocycles. The van der Waals surface area contributed by atoms with Crippen LogP contribution in [0.15, 0.2) is 12.2 Å². The maximum Gasteiger partial charge on any atom is 0.220 e. The second-order valence-electron chi connectivity index (χ2n) is 11.6. The van der Waals surface area contributed by atoms with Crippen LogP contribution in [0.25, 0.3) is 0 Å². The number of ether oxygens (including phenoxy) is 2. The lowest BCUT2D eigenvalue weighted by Gasteiger charge is -2.40. The number of nitrogens with one attached hydrogen (secondary N) is 1. The molecule has 0 saturated carbocycles. The number of amides is 1. The molecule has 1 rings (SSSR count). The van der Waals surface area contributed by atoms with Crippen LogP contribution in [0.5, 0.6) is 0 Å². The lowest BCUT2D eigenvalue weighted by molar-refractivity contribution is -0.302. The van der Waals surface area contributed by atoms with E-state index in [0.29, 0.717) is 6.42 Å². The Labute approximate surface area is 248 Å². The van der Waals surface area contributed by atoms with E-state index in [4.69, 9.17) is 9.47 Å². The van der Waals surface area contributed by atoms with E-state index in [1.165, 1.54) is 77.0 Å². The number of aliphatic hydroxyl groups excluding tert-OH is 5. The summed E-state index contributed by atoms with van der Waals surface area (Å²) < 4.78 is 11.0. The minimum Gasteiger partial charge on any atom is -0.394 e. The molecule has 1 amide bonds. The number of carbonyl (C=O) groups excluding carboxylic acids is 1. The van der Waals surface area contributed by atoms with Crippen molar-refractivity contribution in [3.63, 3.8) is 0 Å². The van der Waals surface area contributed by atoms with Gasteiger partial charge in [-0.25, -0.2) is 0 Å². The number of carbonyl (C=O) groups is 1. The highest BCUT2D eigenvalue weighted by atomic mass is 16.7. The highest BCUT2D eigenvalue weighted by molar-refractivity contribution is 5.76. The fourth-order valence-electron chi connectivity index (χ4n) is 5.10. The van der Waals surface area contributed by atoms with Crippen LogP contribution in [0.1, 0.15) is 129 Å². The average molecular weight is 588 g/mol. The van der Waals surface area contributed by atoms with Crippen molar-refractivity contribution >= 4 is 5.91 Å². The molecular formula is C32H61NO8. The molecule has 9 nitrogen and oxygen atoms in total. The Hall–Kier alpha value is -1.07. The summed E-state index contributed by atoms with van der Waals surface area (Å²) in [5.74, 6) is -0.190. The van der Waals surface area contributed by atoms with Crippen molar-refractivity contribution in [2.45, 2.75) is 172 Å². The summed E-state index contributed by atoms with van der Waals surface area (Å²) in [6.45, 7) is 3.53. The largest absolute Gasteiger partial charge is 0.394 e. The van der Waals surface area contributed by atoms with E-state index in [0.717, 1.165) is 32.1 Å². The van der Waals surface area contributed by atoms with E-state index in [2.05, 4.69) is 12.2 Å². The molecule has 242 valence electrons.